The molecule has 2 unspecified atom stereocenters. The molecule has 9 nitrogen and oxygen atoms in total. The molecule has 2 atom stereocenters. The lowest BCUT2D eigenvalue weighted by molar-refractivity contribution is -0.145. The highest BCUT2D eigenvalue weighted by molar-refractivity contribution is 5.87. The van der Waals surface area contributed by atoms with Crippen LogP contribution in [0.4, 0.5) is 4.79 Å². The van der Waals surface area contributed by atoms with E-state index in [1.807, 2.05) is 0 Å². The Hall–Kier alpha value is -2.32. The second kappa shape index (κ2) is 7.60. The maximum Gasteiger partial charge on any atom is 0.408 e. The molecular weight excluding hydrogens is 366 g/mol. The molecule has 3 N–H and O–H groups in total. The lowest BCUT2D eigenvalue weighted by Gasteiger charge is -2.39. The van der Waals surface area contributed by atoms with E-state index in [9.17, 15) is 24.3 Å². The second-order valence-electron chi connectivity index (χ2n) is 9.14. The first kappa shape index (κ1) is 22.0. The number of carboxylic acid groups (broad SMARTS) is 1. The molecule has 0 radical (unpaired) electrons. The number of hydrogen-bond donors (Lipinski definition) is 3. The number of carbonyl (C=O) groups is 4. The van der Waals surface area contributed by atoms with E-state index < -0.39 is 34.7 Å². The van der Waals surface area contributed by atoms with Crippen molar-refractivity contribution in [3.05, 3.63) is 0 Å². The smallest absolute Gasteiger partial charge is 0.408 e. The van der Waals surface area contributed by atoms with Crippen LogP contribution in [0.5, 0.6) is 0 Å². The maximum absolute atomic E-state index is 12.5. The fraction of sp³-hybridized carbons (Fsp3) is 0.789. The molecule has 158 valence electrons. The fourth-order valence-electron chi connectivity index (χ4n) is 3.94. The van der Waals surface area contributed by atoms with E-state index in [4.69, 9.17) is 4.74 Å². The number of aliphatic carboxylic acids is 1. The summed E-state index contributed by atoms with van der Waals surface area (Å²) < 4.78 is 5.17. The summed E-state index contributed by atoms with van der Waals surface area (Å²) in [5.41, 5.74) is -2.81. The van der Waals surface area contributed by atoms with Gasteiger partial charge in [0.1, 0.15) is 11.1 Å². The summed E-state index contributed by atoms with van der Waals surface area (Å²) in [6.45, 7) is 9.10. The van der Waals surface area contributed by atoms with Crippen LogP contribution in [0.3, 0.4) is 0 Å². The van der Waals surface area contributed by atoms with Crippen LogP contribution in [0.1, 0.15) is 60.3 Å². The molecule has 2 aliphatic heterocycles. The fourth-order valence-corrected chi connectivity index (χ4v) is 3.94. The van der Waals surface area contributed by atoms with Gasteiger partial charge in [0.25, 0.3) is 0 Å². The number of nitrogens with zero attached hydrogens (tertiary/aromatic N) is 1. The molecule has 0 saturated carbocycles. The van der Waals surface area contributed by atoms with E-state index in [0.717, 1.165) is 0 Å². The van der Waals surface area contributed by atoms with Crippen LogP contribution < -0.4 is 10.6 Å². The summed E-state index contributed by atoms with van der Waals surface area (Å²) in [6.07, 6.45) is 0.887. The number of alkyl carbamates (subject to hydrolysis) is 1. The Balaban J connectivity index is 2.05. The minimum atomic E-state index is -1.63. The first-order valence-electron chi connectivity index (χ1n) is 9.57. The number of hydrogen-bond acceptors (Lipinski definition) is 5. The van der Waals surface area contributed by atoms with Crippen LogP contribution in [0.2, 0.25) is 0 Å². The van der Waals surface area contributed by atoms with Gasteiger partial charge in [0.05, 0.1) is 0 Å². The summed E-state index contributed by atoms with van der Waals surface area (Å²) in [5.74, 6) is -1.97. The topological polar surface area (TPSA) is 125 Å². The van der Waals surface area contributed by atoms with Gasteiger partial charge in [-0.25, -0.2) is 9.59 Å². The average molecular weight is 397 g/mol. The lowest BCUT2D eigenvalue weighted by atomic mass is 9.80. The summed E-state index contributed by atoms with van der Waals surface area (Å²) in [7, 11) is 0. The van der Waals surface area contributed by atoms with Gasteiger partial charge in [-0.3, -0.25) is 9.59 Å². The molecule has 2 saturated heterocycles. The zero-order valence-corrected chi connectivity index (χ0v) is 17.3. The van der Waals surface area contributed by atoms with Gasteiger partial charge in [-0.15, -0.1) is 0 Å². The molecule has 2 aliphatic rings. The lowest BCUT2D eigenvalue weighted by Crippen LogP contribution is -2.54. The van der Waals surface area contributed by atoms with Crippen LogP contribution in [0, 0.1) is 5.92 Å². The Morgan fingerprint density at radius 2 is 1.82 bits per heavy atom. The molecule has 0 bridgehead atoms. The van der Waals surface area contributed by atoms with E-state index in [1.165, 1.54) is 13.8 Å². The van der Waals surface area contributed by atoms with E-state index in [2.05, 4.69) is 10.6 Å². The van der Waals surface area contributed by atoms with Gasteiger partial charge in [-0.05, 0) is 53.4 Å². The number of rotatable bonds is 4. The van der Waals surface area contributed by atoms with Crippen molar-refractivity contribution in [3.8, 4) is 0 Å². The maximum atomic E-state index is 12.5. The van der Waals surface area contributed by atoms with Crippen molar-refractivity contribution in [3.63, 3.8) is 0 Å². The van der Waals surface area contributed by atoms with Crippen molar-refractivity contribution in [1.82, 2.24) is 15.5 Å². The largest absolute Gasteiger partial charge is 0.480 e. The van der Waals surface area contributed by atoms with Crippen molar-refractivity contribution < 1.29 is 29.0 Å². The number of carboxylic acids is 1. The van der Waals surface area contributed by atoms with E-state index in [-0.39, 0.29) is 18.2 Å². The van der Waals surface area contributed by atoms with Crippen LogP contribution in [-0.2, 0) is 19.1 Å². The summed E-state index contributed by atoms with van der Waals surface area (Å²) in [6, 6.07) is 0. The highest BCUT2D eigenvalue weighted by atomic mass is 16.6. The molecule has 0 aromatic carbocycles. The van der Waals surface area contributed by atoms with E-state index in [1.54, 1.807) is 25.7 Å². The molecule has 2 rings (SSSR count). The molecule has 0 aromatic rings. The second-order valence-corrected chi connectivity index (χ2v) is 9.14. The molecule has 3 amide bonds. The molecule has 0 aliphatic carbocycles. The monoisotopic (exact) mass is 397 g/mol. The zero-order chi connectivity index (χ0) is 21.3. The first-order valence-corrected chi connectivity index (χ1v) is 9.57. The van der Waals surface area contributed by atoms with Crippen LogP contribution in [0.15, 0.2) is 0 Å². The van der Waals surface area contributed by atoms with Gasteiger partial charge in [0, 0.05) is 31.5 Å². The van der Waals surface area contributed by atoms with E-state index >= 15 is 0 Å². The van der Waals surface area contributed by atoms with Crippen LogP contribution in [0.25, 0.3) is 0 Å². The first-order chi connectivity index (χ1) is 12.8. The normalized spacial score (nSPS) is 23.7. The number of amides is 3. The van der Waals surface area contributed by atoms with E-state index in [0.29, 0.717) is 32.4 Å². The average Bonchev–Trinajstić information content (AvgIpc) is 2.80. The molecular formula is C19H31N3O6. The van der Waals surface area contributed by atoms with Crippen LogP contribution in [-0.4, -0.2) is 63.7 Å². The Labute approximate surface area is 165 Å². The van der Waals surface area contributed by atoms with Gasteiger partial charge in [0.15, 0.2) is 0 Å². The van der Waals surface area contributed by atoms with Crippen molar-refractivity contribution in [1.29, 1.82) is 0 Å². The third kappa shape index (κ3) is 5.14. The number of likely N-dealkylation sites (tertiary alicyclic amines) is 1. The summed E-state index contributed by atoms with van der Waals surface area (Å²) in [4.78, 5) is 49.8. The van der Waals surface area contributed by atoms with Gasteiger partial charge in [-0.2, -0.15) is 0 Å². The Morgan fingerprint density at radius 1 is 1.25 bits per heavy atom. The molecule has 1 spiro atoms. The van der Waals surface area contributed by atoms with Gasteiger partial charge in [0.2, 0.25) is 11.8 Å². The van der Waals surface area contributed by atoms with Gasteiger partial charge >= 0.3 is 12.1 Å². The Morgan fingerprint density at radius 3 is 2.29 bits per heavy atom. The minimum absolute atomic E-state index is 0.00994. The predicted molar refractivity (Wildman–Crippen MR) is 100 cm³/mol. The third-order valence-corrected chi connectivity index (χ3v) is 5.47. The quantitative estimate of drug-likeness (QED) is 0.656. The van der Waals surface area contributed by atoms with Gasteiger partial charge < -0.3 is 25.4 Å². The third-order valence-electron chi connectivity index (χ3n) is 5.47. The SMILES string of the molecule is CC(=O)N1CCC2(CC1)CC(CC(C)(NC(=O)OC(C)(C)C)C(=O)O)C(=O)N2. The zero-order valence-electron chi connectivity index (χ0n) is 17.3. The van der Waals surface area contributed by atoms with Crippen molar-refractivity contribution in [2.24, 2.45) is 5.92 Å². The number of ether oxygens (including phenoxy) is 1. The molecule has 28 heavy (non-hydrogen) atoms. The van der Waals surface area contributed by atoms with Gasteiger partial charge in [-0.1, -0.05) is 0 Å². The number of nitrogens with one attached hydrogen (secondary N) is 2. The Kier molecular flexibility index (Phi) is 5.96. The highest BCUT2D eigenvalue weighted by Crippen LogP contribution is 2.38. The molecule has 2 fully saturated rings. The van der Waals surface area contributed by atoms with Crippen molar-refractivity contribution >= 4 is 23.9 Å². The van der Waals surface area contributed by atoms with Crippen molar-refractivity contribution in [2.75, 3.05) is 13.1 Å². The highest BCUT2D eigenvalue weighted by Gasteiger charge is 2.49. The molecule has 0 aromatic heterocycles. The standard InChI is InChI=1S/C19H31N3O6/c1-12(23)22-8-6-19(7-9-22)11-13(14(24)20-19)10-18(5,15(25)26)21-16(27)28-17(2,3)4/h13H,6-11H2,1-5H3,(H,20,24)(H,21,27)(H,25,26). The Bertz CT molecular complexity index is 663. The molecule has 9 heteroatoms. The summed E-state index contributed by atoms with van der Waals surface area (Å²) >= 11 is 0. The molecule has 2 heterocycles. The number of carbonyl (C=O) groups excluding carboxylic acids is 3. The number of piperidine rings is 1. The predicted octanol–water partition coefficient (Wildman–Crippen LogP) is 1.26. The van der Waals surface area contributed by atoms with Crippen molar-refractivity contribution in [2.45, 2.75) is 77.0 Å². The minimum Gasteiger partial charge on any atom is -0.480 e. The van der Waals surface area contributed by atoms with Crippen LogP contribution >= 0.6 is 0 Å². The summed E-state index contributed by atoms with van der Waals surface area (Å²) in [5, 5.41) is 15.1.